The van der Waals surface area contributed by atoms with Crippen molar-refractivity contribution in [2.75, 3.05) is 0 Å². The van der Waals surface area contributed by atoms with Crippen LogP contribution in [0.2, 0.25) is 10.0 Å². The van der Waals surface area contributed by atoms with Gasteiger partial charge in [-0.2, -0.15) is 0 Å². The summed E-state index contributed by atoms with van der Waals surface area (Å²) in [6, 6.07) is 3.15. The summed E-state index contributed by atoms with van der Waals surface area (Å²) in [5, 5.41) is 10.5. The van der Waals surface area contributed by atoms with Gasteiger partial charge in [-0.25, -0.2) is 0 Å². The van der Waals surface area contributed by atoms with E-state index in [1.165, 1.54) is 17.4 Å². The predicted octanol–water partition coefficient (Wildman–Crippen LogP) is 3.73. The lowest BCUT2D eigenvalue weighted by Gasteiger charge is -1.99. The number of halogens is 2. The molecule has 0 aliphatic carbocycles. The largest absolute Gasteiger partial charge is 0.506 e. The molecule has 0 aliphatic heterocycles. The molecule has 0 fully saturated rings. The van der Waals surface area contributed by atoms with Gasteiger partial charge in [-0.1, -0.05) is 23.2 Å². The molecule has 0 atom stereocenters. The summed E-state index contributed by atoms with van der Waals surface area (Å²) in [6.07, 6.45) is 0.742. The summed E-state index contributed by atoms with van der Waals surface area (Å²) in [5.74, 6) is -0.0700. The zero-order valence-electron chi connectivity index (χ0n) is 6.75. The highest BCUT2D eigenvalue weighted by molar-refractivity contribution is 7.21. The molecular weight excluding hydrogens is 243 g/mol. The minimum Gasteiger partial charge on any atom is -0.506 e. The van der Waals surface area contributed by atoms with Crippen LogP contribution in [-0.4, -0.2) is 11.4 Å². The number of aldehydes is 1. The van der Waals surface area contributed by atoms with Gasteiger partial charge in [0.2, 0.25) is 0 Å². The molecule has 2 nitrogen and oxygen atoms in total. The van der Waals surface area contributed by atoms with Crippen molar-refractivity contribution < 1.29 is 9.90 Å². The number of aromatic hydroxyl groups is 1. The van der Waals surface area contributed by atoms with E-state index in [0.717, 1.165) is 16.4 Å². The normalized spacial score (nSPS) is 10.7. The lowest BCUT2D eigenvalue weighted by molar-refractivity contribution is 0.112. The van der Waals surface area contributed by atoms with Crippen LogP contribution in [-0.2, 0) is 0 Å². The van der Waals surface area contributed by atoms with Crippen LogP contribution in [0.15, 0.2) is 12.1 Å². The maximum atomic E-state index is 10.5. The van der Waals surface area contributed by atoms with Gasteiger partial charge < -0.3 is 5.11 Å². The van der Waals surface area contributed by atoms with E-state index in [9.17, 15) is 9.90 Å². The fourth-order valence-electron chi connectivity index (χ4n) is 1.18. The van der Waals surface area contributed by atoms with Crippen molar-refractivity contribution in [3.8, 4) is 5.75 Å². The molecule has 1 aromatic carbocycles. The smallest absolute Gasteiger partial charge is 0.160 e. The molecule has 2 rings (SSSR count). The van der Waals surface area contributed by atoms with Crippen LogP contribution in [0.3, 0.4) is 0 Å². The zero-order chi connectivity index (χ0) is 10.3. The number of benzene rings is 1. The summed E-state index contributed by atoms with van der Waals surface area (Å²) in [4.78, 5) is 11.1. The standard InChI is InChI=1S/C9H4Cl2O2S/c10-7-6(13)2-4-1-5(3-12)14-9(4)8(7)11/h1-3,13H. The van der Waals surface area contributed by atoms with E-state index in [1.54, 1.807) is 6.07 Å². The Morgan fingerprint density at radius 2 is 2.00 bits per heavy atom. The van der Waals surface area contributed by atoms with Crippen molar-refractivity contribution in [1.82, 2.24) is 0 Å². The molecule has 14 heavy (non-hydrogen) atoms. The second-order valence-electron chi connectivity index (χ2n) is 2.71. The van der Waals surface area contributed by atoms with E-state index < -0.39 is 0 Å². The monoisotopic (exact) mass is 246 g/mol. The Balaban J connectivity index is 2.87. The van der Waals surface area contributed by atoms with E-state index in [0.29, 0.717) is 9.90 Å². The number of phenols is 1. The molecule has 0 saturated carbocycles. The first-order valence-corrected chi connectivity index (χ1v) is 5.26. The lowest BCUT2D eigenvalue weighted by Crippen LogP contribution is -1.71. The van der Waals surface area contributed by atoms with E-state index in [-0.39, 0.29) is 10.8 Å². The predicted molar refractivity (Wildman–Crippen MR) is 58.9 cm³/mol. The SMILES string of the molecule is O=Cc1cc2cc(O)c(Cl)c(Cl)c2s1. The first kappa shape index (κ1) is 9.77. The van der Waals surface area contributed by atoms with Crippen LogP contribution in [0, 0.1) is 0 Å². The molecule has 0 radical (unpaired) electrons. The average molecular weight is 247 g/mol. The summed E-state index contributed by atoms with van der Waals surface area (Å²) in [5.41, 5.74) is 0. The van der Waals surface area contributed by atoms with Crippen LogP contribution >= 0.6 is 34.5 Å². The summed E-state index contributed by atoms with van der Waals surface area (Å²) in [7, 11) is 0. The van der Waals surface area contributed by atoms with Crippen LogP contribution in [0.25, 0.3) is 10.1 Å². The summed E-state index contributed by atoms with van der Waals surface area (Å²) >= 11 is 12.9. The number of phenolic OH excluding ortho intramolecular Hbond substituents is 1. The minimum absolute atomic E-state index is 0.0700. The van der Waals surface area contributed by atoms with Crippen molar-refractivity contribution in [1.29, 1.82) is 0 Å². The van der Waals surface area contributed by atoms with E-state index >= 15 is 0 Å². The number of carbonyl (C=O) groups excluding carboxylic acids is 1. The molecule has 1 aromatic heterocycles. The van der Waals surface area contributed by atoms with Gasteiger partial charge in [-0.3, -0.25) is 4.79 Å². The molecule has 5 heteroatoms. The van der Waals surface area contributed by atoms with Gasteiger partial charge in [0.05, 0.1) is 14.6 Å². The minimum atomic E-state index is -0.0700. The van der Waals surface area contributed by atoms with Gasteiger partial charge in [-0.15, -0.1) is 11.3 Å². The van der Waals surface area contributed by atoms with Crippen molar-refractivity contribution in [3.05, 3.63) is 27.1 Å². The number of hydrogen-bond donors (Lipinski definition) is 1. The van der Waals surface area contributed by atoms with E-state index in [4.69, 9.17) is 23.2 Å². The first-order valence-electron chi connectivity index (χ1n) is 3.69. The Bertz CT molecular complexity index is 519. The number of rotatable bonds is 1. The molecule has 0 spiro atoms. The molecule has 1 N–H and O–H groups in total. The lowest BCUT2D eigenvalue weighted by atomic mass is 10.2. The maximum absolute atomic E-state index is 10.5. The molecule has 2 aromatic rings. The quantitative estimate of drug-likeness (QED) is 0.779. The van der Waals surface area contributed by atoms with Crippen molar-refractivity contribution in [3.63, 3.8) is 0 Å². The Morgan fingerprint density at radius 1 is 1.29 bits per heavy atom. The van der Waals surface area contributed by atoms with Gasteiger partial charge in [-0.05, 0) is 17.5 Å². The second-order valence-corrected chi connectivity index (χ2v) is 4.55. The number of fused-ring (bicyclic) bond motifs is 1. The molecule has 0 amide bonds. The van der Waals surface area contributed by atoms with E-state index in [1.807, 2.05) is 0 Å². The van der Waals surface area contributed by atoms with Gasteiger partial charge in [0.1, 0.15) is 10.8 Å². The molecule has 0 bridgehead atoms. The maximum Gasteiger partial charge on any atom is 0.160 e. The third-order valence-corrected chi connectivity index (χ3v) is 3.87. The first-order chi connectivity index (χ1) is 6.63. The third-order valence-electron chi connectivity index (χ3n) is 1.81. The van der Waals surface area contributed by atoms with Gasteiger partial charge in [0.15, 0.2) is 6.29 Å². The van der Waals surface area contributed by atoms with Gasteiger partial charge in [0.25, 0.3) is 0 Å². The molecule has 0 unspecified atom stereocenters. The summed E-state index contributed by atoms with van der Waals surface area (Å²) in [6.45, 7) is 0. The molecule has 0 saturated heterocycles. The Labute approximate surface area is 93.7 Å². The van der Waals surface area contributed by atoms with Crippen LogP contribution in [0.1, 0.15) is 9.67 Å². The third kappa shape index (κ3) is 1.38. The fraction of sp³-hybridized carbons (Fsp3) is 0. The van der Waals surface area contributed by atoms with Crippen molar-refractivity contribution in [2.24, 2.45) is 0 Å². The topological polar surface area (TPSA) is 37.3 Å². The number of thiophene rings is 1. The number of hydrogen-bond acceptors (Lipinski definition) is 3. The zero-order valence-corrected chi connectivity index (χ0v) is 9.08. The highest BCUT2D eigenvalue weighted by Gasteiger charge is 2.12. The van der Waals surface area contributed by atoms with Gasteiger partial charge in [0, 0.05) is 0 Å². The van der Waals surface area contributed by atoms with E-state index in [2.05, 4.69) is 0 Å². The Morgan fingerprint density at radius 3 is 2.64 bits per heavy atom. The average Bonchev–Trinajstić information content (AvgIpc) is 2.57. The van der Waals surface area contributed by atoms with Crippen LogP contribution in [0.4, 0.5) is 0 Å². The fourth-order valence-corrected chi connectivity index (χ4v) is 2.61. The molecule has 0 aliphatic rings. The van der Waals surface area contributed by atoms with Crippen molar-refractivity contribution in [2.45, 2.75) is 0 Å². The van der Waals surface area contributed by atoms with Crippen LogP contribution in [0.5, 0.6) is 5.75 Å². The summed E-state index contributed by atoms with van der Waals surface area (Å²) < 4.78 is 0.719. The second kappa shape index (κ2) is 3.42. The van der Waals surface area contributed by atoms with Gasteiger partial charge >= 0.3 is 0 Å². The van der Waals surface area contributed by atoms with Crippen LogP contribution < -0.4 is 0 Å². The highest BCUT2D eigenvalue weighted by atomic mass is 35.5. The van der Waals surface area contributed by atoms with Crippen molar-refractivity contribution >= 4 is 50.9 Å². The Hall–Kier alpha value is -0.770. The molecule has 1 heterocycles. The Kier molecular flexibility index (Phi) is 2.39. The number of carbonyl (C=O) groups is 1. The molecular formula is C9H4Cl2O2S. The molecule has 72 valence electrons. The highest BCUT2D eigenvalue weighted by Crippen LogP contribution is 2.41.